The van der Waals surface area contributed by atoms with E-state index in [1.807, 2.05) is 0 Å². The molecule has 1 rings (SSSR count). The van der Waals surface area contributed by atoms with E-state index in [0.29, 0.717) is 0 Å². The van der Waals surface area contributed by atoms with Gasteiger partial charge >= 0.3 is 0 Å². The minimum Gasteiger partial charge on any atom is -0.306 e. The number of nitrogens with zero attached hydrogens (tertiary/aromatic N) is 1. The van der Waals surface area contributed by atoms with Gasteiger partial charge in [0.1, 0.15) is 0 Å². The summed E-state index contributed by atoms with van der Waals surface area (Å²) in [6.45, 7) is 14.8. The molecule has 1 aliphatic rings. The van der Waals surface area contributed by atoms with E-state index in [2.05, 4.69) is 38.4 Å². The number of rotatable bonds is 2. The Balaban J connectivity index is 2.38. The lowest BCUT2D eigenvalue weighted by molar-refractivity contribution is 0.371. The molecule has 2 heteroatoms. The van der Waals surface area contributed by atoms with E-state index < -0.39 is 8.07 Å². The highest BCUT2D eigenvalue weighted by molar-refractivity contribution is 6.76. The van der Waals surface area contributed by atoms with Crippen LogP contribution < -0.4 is 0 Å². The van der Waals surface area contributed by atoms with E-state index in [1.165, 1.54) is 19.3 Å². The van der Waals surface area contributed by atoms with Gasteiger partial charge in [0.15, 0.2) is 0 Å². The summed E-state index contributed by atoms with van der Waals surface area (Å²) in [6, 6.07) is 0. The van der Waals surface area contributed by atoms with Crippen molar-refractivity contribution in [2.45, 2.75) is 33.5 Å². The molecule has 0 aromatic heterocycles. The SMILES string of the molecule is CC1CN(C[Si](C)(C)C)CC1C. The molecule has 1 nitrogen and oxygen atoms in total. The van der Waals surface area contributed by atoms with Crippen LogP contribution in [0.4, 0.5) is 0 Å². The summed E-state index contributed by atoms with van der Waals surface area (Å²) in [5.74, 6) is 1.84. The first-order valence-electron chi connectivity index (χ1n) is 5.11. The molecule has 1 fully saturated rings. The molecular weight excluding hydrogens is 162 g/mol. The second-order valence-electron chi connectivity index (χ2n) is 5.71. The van der Waals surface area contributed by atoms with E-state index in [4.69, 9.17) is 0 Å². The van der Waals surface area contributed by atoms with Crippen LogP contribution in [0.2, 0.25) is 19.6 Å². The predicted molar refractivity (Wildman–Crippen MR) is 58.1 cm³/mol. The van der Waals surface area contributed by atoms with Crippen molar-refractivity contribution in [1.29, 1.82) is 0 Å². The van der Waals surface area contributed by atoms with Gasteiger partial charge < -0.3 is 4.90 Å². The maximum absolute atomic E-state index is 2.67. The van der Waals surface area contributed by atoms with Gasteiger partial charge in [-0.1, -0.05) is 33.5 Å². The first kappa shape index (κ1) is 10.3. The van der Waals surface area contributed by atoms with Gasteiger partial charge in [0.05, 0.1) is 8.07 Å². The fraction of sp³-hybridized carbons (Fsp3) is 1.00. The van der Waals surface area contributed by atoms with Crippen molar-refractivity contribution in [1.82, 2.24) is 4.90 Å². The third-order valence-corrected chi connectivity index (χ3v) is 4.16. The van der Waals surface area contributed by atoms with Crippen molar-refractivity contribution in [3.8, 4) is 0 Å². The number of likely N-dealkylation sites (tertiary alicyclic amines) is 1. The lowest BCUT2D eigenvalue weighted by Crippen LogP contribution is -2.39. The average molecular weight is 185 g/mol. The third-order valence-electron chi connectivity index (χ3n) is 2.76. The van der Waals surface area contributed by atoms with Crippen LogP contribution in [0, 0.1) is 11.8 Å². The maximum Gasteiger partial charge on any atom is 0.0599 e. The van der Waals surface area contributed by atoms with Gasteiger partial charge in [-0.25, -0.2) is 0 Å². The normalized spacial score (nSPS) is 32.8. The number of hydrogen-bond donors (Lipinski definition) is 0. The summed E-state index contributed by atoms with van der Waals surface area (Å²) in [5, 5.41) is 0. The molecule has 0 radical (unpaired) electrons. The Morgan fingerprint density at radius 2 is 1.50 bits per heavy atom. The van der Waals surface area contributed by atoms with Crippen LogP contribution >= 0.6 is 0 Å². The molecule has 0 N–H and O–H groups in total. The molecule has 0 bridgehead atoms. The fourth-order valence-corrected chi connectivity index (χ4v) is 3.65. The molecule has 0 amide bonds. The molecule has 72 valence electrons. The zero-order chi connectivity index (χ0) is 9.35. The Hall–Kier alpha value is 0.177. The molecule has 2 atom stereocenters. The van der Waals surface area contributed by atoms with Crippen molar-refractivity contribution in [2.75, 3.05) is 19.3 Å². The van der Waals surface area contributed by atoms with Gasteiger partial charge in [0.25, 0.3) is 0 Å². The van der Waals surface area contributed by atoms with Crippen LogP contribution in [0.15, 0.2) is 0 Å². The van der Waals surface area contributed by atoms with Crippen molar-refractivity contribution >= 4 is 8.07 Å². The van der Waals surface area contributed by atoms with Gasteiger partial charge in [0.2, 0.25) is 0 Å². The molecule has 0 spiro atoms. The van der Waals surface area contributed by atoms with Gasteiger partial charge in [-0.3, -0.25) is 0 Å². The molecule has 2 unspecified atom stereocenters. The highest BCUT2D eigenvalue weighted by atomic mass is 28.3. The van der Waals surface area contributed by atoms with E-state index in [9.17, 15) is 0 Å². The molecule has 0 saturated carbocycles. The molecule has 0 aromatic rings. The maximum atomic E-state index is 2.67. The van der Waals surface area contributed by atoms with Gasteiger partial charge in [0, 0.05) is 13.1 Å². The summed E-state index contributed by atoms with van der Waals surface area (Å²) in [4.78, 5) is 2.67. The molecule has 1 aliphatic heterocycles. The van der Waals surface area contributed by atoms with Gasteiger partial charge in [-0.15, -0.1) is 0 Å². The molecule has 0 aromatic carbocycles. The van der Waals surface area contributed by atoms with Crippen LogP contribution in [0.25, 0.3) is 0 Å². The van der Waals surface area contributed by atoms with E-state index >= 15 is 0 Å². The summed E-state index contributed by atoms with van der Waals surface area (Å²) in [6.07, 6.45) is 1.39. The summed E-state index contributed by atoms with van der Waals surface area (Å²) < 4.78 is 0. The zero-order valence-electron chi connectivity index (χ0n) is 9.22. The van der Waals surface area contributed by atoms with Crippen molar-refractivity contribution in [3.63, 3.8) is 0 Å². The van der Waals surface area contributed by atoms with Crippen LogP contribution in [0.5, 0.6) is 0 Å². The molecule has 1 heterocycles. The highest BCUT2D eigenvalue weighted by Crippen LogP contribution is 2.23. The largest absolute Gasteiger partial charge is 0.306 e. The van der Waals surface area contributed by atoms with Gasteiger partial charge in [-0.2, -0.15) is 0 Å². The fourth-order valence-electron chi connectivity index (χ4n) is 2.05. The van der Waals surface area contributed by atoms with E-state index in [-0.39, 0.29) is 0 Å². The summed E-state index contributed by atoms with van der Waals surface area (Å²) in [5.41, 5.74) is 0. The van der Waals surface area contributed by atoms with Crippen LogP contribution in [-0.4, -0.2) is 32.2 Å². The highest BCUT2D eigenvalue weighted by Gasteiger charge is 2.28. The Bertz CT molecular complexity index is 140. The standard InChI is InChI=1S/C10H23NSi/c1-9-6-11(7-10(9)2)8-12(3,4)5/h9-10H,6-8H2,1-5H3. The predicted octanol–water partition coefficient (Wildman–Crippen LogP) is 2.45. The lowest BCUT2D eigenvalue weighted by atomic mass is 10.0. The quantitative estimate of drug-likeness (QED) is 0.597. The summed E-state index contributed by atoms with van der Waals surface area (Å²) >= 11 is 0. The van der Waals surface area contributed by atoms with E-state index in [0.717, 1.165) is 11.8 Å². The molecule has 1 saturated heterocycles. The van der Waals surface area contributed by atoms with E-state index in [1.54, 1.807) is 0 Å². The Morgan fingerprint density at radius 3 is 1.83 bits per heavy atom. The Labute approximate surface area is 78.2 Å². The molecule has 0 aliphatic carbocycles. The Morgan fingerprint density at radius 1 is 1.08 bits per heavy atom. The monoisotopic (exact) mass is 185 g/mol. The topological polar surface area (TPSA) is 3.24 Å². The lowest BCUT2D eigenvalue weighted by Gasteiger charge is -2.24. The number of hydrogen-bond acceptors (Lipinski definition) is 1. The van der Waals surface area contributed by atoms with Crippen LogP contribution in [0.3, 0.4) is 0 Å². The first-order valence-corrected chi connectivity index (χ1v) is 8.81. The third kappa shape index (κ3) is 2.90. The second kappa shape index (κ2) is 3.50. The second-order valence-corrected chi connectivity index (χ2v) is 11.1. The van der Waals surface area contributed by atoms with Crippen LogP contribution in [-0.2, 0) is 0 Å². The first-order chi connectivity index (χ1) is 5.38. The van der Waals surface area contributed by atoms with Gasteiger partial charge in [-0.05, 0) is 18.0 Å². The summed E-state index contributed by atoms with van der Waals surface area (Å²) in [7, 11) is -0.856. The Kier molecular flexibility index (Phi) is 3.00. The van der Waals surface area contributed by atoms with Crippen molar-refractivity contribution in [3.05, 3.63) is 0 Å². The molecular formula is C10H23NSi. The zero-order valence-corrected chi connectivity index (χ0v) is 10.2. The smallest absolute Gasteiger partial charge is 0.0599 e. The van der Waals surface area contributed by atoms with Crippen molar-refractivity contribution < 1.29 is 0 Å². The minimum absolute atomic E-state index is 0.856. The molecule has 12 heavy (non-hydrogen) atoms. The van der Waals surface area contributed by atoms with Crippen molar-refractivity contribution in [2.24, 2.45) is 11.8 Å². The average Bonchev–Trinajstić information content (AvgIpc) is 2.07. The van der Waals surface area contributed by atoms with Crippen LogP contribution in [0.1, 0.15) is 13.8 Å². The minimum atomic E-state index is -0.856.